The third kappa shape index (κ3) is 2.55. The van der Waals surface area contributed by atoms with Gasteiger partial charge in [-0.3, -0.25) is 4.79 Å². The van der Waals surface area contributed by atoms with Crippen molar-refractivity contribution >= 4 is 11.2 Å². The number of aromatic nitrogens is 4. The summed E-state index contributed by atoms with van der Waals surface area (Å²) >= 11 is 0. The molecule has 0 fully saturated rings. The van der Waals surface area contributed by atoms with Crippen LogP contribution in [0.15, 0.2) is 35.4 Å². The molecule has 3 rings (SSSR count). The maximum Gasteiger partial charge on any atom is 0.277 e. The molecule has 2 aromatic heterocycles. The molecule has 0 saturated heterocycles. The van der Waals surface area contributed by atoms with Crippen molar-refractivity contribution in [3.05, 3.63) is 58.2 Å². The predicted octanol–water partition coefficient (Wildman–Crippen LogP) is 1.03. The standard InChI is InChI=1S/C14H14FN5O/c1-16-6-11-18-13-12(14(21)19-11)20(8-17-13)7-9-4-2-3-5-10(9)15/h2-5,8,16H,6-7H2,1H3,(H,18,19,21). The third-order valence-corrected chi connectivity index (χ3v) is 3.17. The molecule has 0 unspecified atom stereocenters. The molecule has 0 amide bonds. The first-order valence-electron chi connectivity index (χ1n) is 6.51. The van der Waals surface area contributed by atoms with Crippen LogP contribution in [0.1, 0.15) is 11.4 Å². The van der Waals surface area contributed by atoms with Crippen LogP contribution in [0.25, 0.3) is 11.2 Å². The van der Waals surface area contributed by atoms with Gasteiger partial charge in [0.2, 0.25) is 0 Å². The first-order chi connectivity index (χ1) is 10.2. The van der Waals surface area contributed by atoms with Crippen LogP contribution >= 0.6 is 0 Å². The van der Waals surface area contributed by atoms with Crippen molar-refractivity contribution in [2.45, 2.75) is 13.1 Å². The van der Waals surface area contributed by atoms with E-state index in [0.29, 0.717) is 29.1 Å². The van der Waals surface area contributed by atoms with E-state index in [1.54, 1.807) is 29.8 Å². The Morgan fingerprint density at radius 1 is 1.38 bits per heavy atom. The predicted molar refractivity (Wildman–Crippen MR) is 76.4 cm³/mol. The Morgan fingerprint density at radius 2 is 2.19 bits per heavy atom. The van der Waals surface area contributed by atoms with E-state index in [1.165, 1.54) is 12.4 Å². The van der Waals surface area contributed by atoms with Crippen molar-refractivity contribution in [3.8, 4) is 0 Å². The molecular weight excluding hydrogens is 273 g/mol. The molecule has 0 aliphatic carbocycles. The normalized spacial score (nSPS) is 11.1. The maximum absolute atomic E-state index is 13.7. The molecule has 0 spiro atoms. The average molecular weight is 287 g/mol. The number of hydrogen-bond acceptors (Lipinski definition) is 4. The van der Waals surface area contributed by atoms with Crippen LogP contribution < -0.4 is 10.9 Å². The fourth-order valence-electron chi connectivity index (χ4n) is 2.21. The highest BCUT2D eigenvalue weighted by atomic mass is 19.1. The molecule has 0 aliphatic heterocycles. The minimum atomic E-state index is -0.310. The molecule has 3 aromatic rings. The molecule has 2 heterocycles. The highest BCUT2D eigenvalue weighted by Crippen LogP contribution is 2.12. The number of H-pyrrole nitrogens is 1. The van der Waals surface area contributed by atoms with Gasteiger partial charge in [0.05, 0.1) is 19.4 Å². The lowest BCUT2D eigenvalue weighted by Gasteiger charge is -2.05. The molecule has 0 radical (unpaired) electrons. The van der Waals surface area contributed by atoms with Crippen LogP contribution in [-0.2, 0) is 13.1 Å². The molecule has 2 N–H and O–H groups in total. The second kappa shape index (κ2) is 5.45. The number of imidazole rings is 1. The van der Waals surface area contributed by atoms with Gasteiger partial charge in [0.1, 0.15) is 11.6 Å². The summed E-state index contributed by atoms with van der Waals surface area (Å²) in [6.45, 7) is 0.685. The minimum absolute atomic E-state index is 0.235. The number of nitrogens with one attached hydrogen (secondary N) is 2. The SMILES string of the molecule is CNCc1nc2ncn(Cc3ccccc3F)c2c(=O)[nH]1. The van der Waals surface area contributed by atoms with Crippen molar-refractivity contribution in [2.24, 2.45) is 0 Å². The zero-order valence-corrected chi connectivity index (χ0v) is 11.4. The Bertz CT molecular complexity index is 839. The Morgan fingerprint density at radius 3 is 2.95 bits per heavy atom. The highest BCUT2D eigenvalue weighted by molar-refractivity contribution is 5.69. The van der Waals surface area contributed by atoms with Crippen LogP contribution in [-0.4, -0.2) is 26.6 Å². The molecule has 1 aromatic carbocycles. The van der Waals surface area contributed by atoms with E-state index in [2.05, 4.69) is 20.3 Å². The van der Waals surface area contributed by atoms with Gasteiger partial charge in [-0.05, 0) is 13.1 Å². The first kappa shape index (κ1) is 13.4. The van der Waals surface area contributed by atoms with Crippen LogP contribution in [0.2, 0.25) is 0 Å². The quantitative estimate of drug-likeness (QED) is 0.751. The second-order valence-electron chi connectivity index (χ2n) is 4.68. The maximum atomic E-state index is 13.7. The smallest absolute Gasteiger partial charge is 0.277 e. The van der Waals surface area contributed by atoms with Crippen molar-refractivity contribution in [3.63, 3.8) is 0 Å². The molecule has 0 atom stereocenters. The zero-order valence-electron chi connectivity index (χ0n) is 11.4. The molecule has 0 aliphatic rings. The van der Waals surface area contributed by atoms with Crippen molar-refractivity contribution in [1.82, 2.24) is 24.8 Å². The van der Waals surface area contributed by atoms with Crippen molar-refractivity contribution in [1.29, 1.82) is 0 Å². The van der Waals surface area contributed by atoms with Crippen LogP contribution in [0.4, 0.5) is 4.39 Å². The Kier molecular flexibility index (Phi) is 3.49. The van der Waals surface area contributed by atoms with Gasteiger partial charge in [-0.2, -0.15) is 0 Å². The number of halogens is 1. The summed E-state index contributed by atoms with van der Waals surface area (Å²) < 4.78 is 15.3. The highest BCUT2D eigenvalue weighted by Gasteiger charge is 2.11. The van der Waals surface area contributed by atoms with Gasteiger partial charge in [-0.1, -0.05) is 18.2 Å². The lowest BCUT2D eigenvalue weighted by atomic mass is 10.2. The fraction of sp³-hybridized carbons (Fsp3) is 0.214. The van der Waals surface area contributed by atoms with Gasteiger partial charge in [0.25, 0.3) is 5.56 Å². The third-order valence-electron chi connectivity index (χ3n) is 3.17. The van der Waals surface area contributed by atoms with Crippen LogP contribution in [0.3, 0.4) is 0 Å². The van der Waals surface area contributed by atoms with Gasteiger partial charge in [0, 0.05) is 5.56 Å². The number of aromatic amines is 1. The molecule has 0 saturated carbocycles. The topological polar surface area (TPSA) is 75.6 Å². The molecule has 21 heavy (non-hydrogen) atoms. The summed E-state index contributed by atoms with van der Waals surface area (Å²) in [4.78, 5) is 23.2. The fourth-order valence-corrected chi connectivity index (χ4v) is 2.21. The zero-order chi connectivity index (χ0) is 14.8. The van der Waals surface area contributed by atoms with Gasteiger partial charge >= 0.3 is 0 Å². The summed E-state index contributed by atoms with van der Waals surface area (Å²) in [5.41, 5.74) is 0.924. The summed E-state index contributed by atoms with van der Waals surface area (Å²) in [6, 6.07) is 6.45. The lowest BCUT2D eigenvalue weighted by Crippen LogP contribution is -2.18. The molecule has 108 valence electrons. The summed E-state index contributed by atoms with van der Waals surface area (Å²) in [6.07, 6.45) is 1.50. The Hall–Kier alpha value is -2.54. The van der Waals surface area contributed by atoms with Crippen molar-refractivity contribution < 1.29 is 4.39 Å². The van der Waals surface area contributed by atoms with Gasteiger partial charge in [-0.15, -0.1) is 0 Å². The Labute approximate surface area is 119 Å². The van der Waals surface area contributed by atoms with E-state index >= 15 is 0 Å². The minimum Gasteiger partial charge on any atom is -0.320 e. The summed E-state index contributed by atoms with van der Waals surface area (Å²) in [5, 5.41) is 2.91. The summed E-state index contributed by atoms with van der Waals surface area (Å²) in [7, 11) is 1.76. The lowest BCUT2D eigenvalue weighted by molar-refractivity contribution is 0.601. The van der Waals surface area contributed by atoms with Crippen molar-refractivity contribution in [2.75, 3.05) is 7.05 Å². The molecule has 6 nitrogen and oxygen atoms in total. The molecule has 0 bridgehead atoms. The Balaban J connectivity index is 2.05. The largest absolute Gasteiger partial charge is 0.320 e. The van der Waals surface area contributed by atoms with Crippen LogP contribution in [0.5, 0.6) is 0 Å². The molecular formula is C14H14FN5O. The van der Waals surface area contributed by atoms with Gasteiger partial charge in [-0.25, -0.2) is 14.4 Å². The number of fused-ring (bicyclic) bond motifs is 1. The van der Waals surface area contributed by atoms with E-state index < -0.39 is 0 Å². The molecule has 7 heteroatoms. The van der Waals surface area contributed by atoms with E-state index in [0.717, 1.165) is 0 Å². The van der Waals surface area contributed by atoms with E-state index in [-0.39, 0.29) is 17.9 Å². The number of rotatable bonds is 4. The van der Waals surface area contributed by atoms with E-state index in [9.17, 15) is 9.18 Å². The van der Waals surface area contributed by atoms with Gasteiger partial charge < -0.3 is 14.9 Å². The van der Waals surface area contributed by atoms with E-state index in [1.807, 2.05) is 0 Å². The number of benzene rings is 1. The van der Waals surface area contributed by atoms with Gasteiger partial charge in [0.15, 0.2) is 11.2 Å². The number of nitrogens with zero attached hydrogens (tertiary/aromatic N) is 3. The van der Waals surface area contributed by atoms with Crippen LogP contribution in [0, 0.1) is 5.82 Å². The summed E-state index contributed by atoms with van der Waals surface area (Å²) in [5.74, 6) is 0.210. The monoisotopic (exact) mass is 287 g/mol. The second-order valence-corrected chi connectivity index (χ2v) is 4.68. The number of hydrogen-bond donors (Lipinski definition) is 2. The first-order valence-corrected chi connectivity index (χ1v) is 6.51. The average Bonchev–Trinajstić information content (AvgIpc) is 2.85. The van der Waals surface area contributed by atoms with E-state index in [4.69, 9.17) is 0 Å².